The number of amides is 2. The Morgan fingerprint density at radius 2 is 1.60 bits per heavy atom. The van der Waals surface area contributed by atoms with Gasteiger partial charge in [-0.15, -0.1) is 0 Å². The fourth-order valence-electron chi connectivity index (χ4n) is 0.787. The number of nitrogens with zero attached hydrogens (tertiary/aromatic N) is 2. The van der Waals surface area contributed by atoms with E-state index in [9.17, 15) is 9.59 Å². The van der Waals surface area contributed by atoms with Gasteiger partial charge >= 0.3 is 0 Å². The molecule has 0 aliphatic carbocycles. The van der Waals surface area contributed by atoms with Crippen LogP contribution in [0.5, 0.6) is 0 Å². The van der Waals surface area contributed by atoms with Crippen molar-refractivity contribution in [3.63, 3.8) is 0 Å². The highest BCUT2D eigenvalue weighted by Gasteiger charge is 2.24. The van der Waals surface area contributed by atoms with Gasteiger partial charge in [0.1, 0.15) is 0 Å². The largest absolute Gasteiger partial charge is 0.268 e. The van der Waals surface area contributed by atoms with Crippen LogP contribution in [0.1, 0.15) is 0 Å². The molecule has 0 aromatic carbocycles. The van der Waals surface area contributed by atoms with E-state index in [4.69, 9.17) is 0 Å². The minimum atomic E-state index is -0.282. The molecule has 54 valence electrons. The number of rotatable bonds is 1. The van der Waals surface area contributed by atoms with E-state index in [2.05, 4.69) is 0 Å². The smallest absolute Gasteiger partial charge is 0.268 e. The molecule has 0 aromatic heterocycles. The van der Waals surface area contributed by atoms with Crippen LogP contribution in [0.3, 0.4) is 0 Å². The van der Waals surface area contributed by atoms with Crippen LogP contribution in [0.15, 0.2) is 12.2 Å². The van der Waals surface area contributed by atoms with Crippen molar-refractivity contribution in [2.24, 2.45) is 0 Å². The van der Waals surface area contributed by atoms with Crippen molar-refractivity contribution in [1.82, 2.24) is 10.0 Å². The Hall–Kier alpha value is -1.16. The third kappa shape index (κ3) is 0.930. The Bertz CT molecular complexity index is 190. The summed E-state index contributed by atoms with van der Waals surface area (Å²) in [4.78, 5) is 21.6. The molecule has 0 atom stereocenters. The monoisotopic (exact) mass is 140 g/mol. The Morgan fingerprint density at radius 1 is 1.20 bits per heavy atom. The first-order chi connectivity index (χ1) is 4.63. The van der Waals surface area contributed by atoms with Crippen LogP contribution in [0.2, 0.25) is 0 Å². The molecule has 0 radical (unpaired) electrons. The average Bonchev–Trinajstić information content (AvgIpc) is 2.11. The second-order valence-corrected chi connectivity index (χ2v) is 2.17. The van der Waals surface area contributed by atoms with Gasteiger partial charge in [-0.25, -0.2) is 10.0 Å². The third-order valence-electron chi connectivity index (χ3n) is 1.19. The van der Waals surface area contributed by atoms with E-state index in [1.54, 1.807) is 14.1 Å². The summed E-state index contributed by atoms with van der Waals surface area (Å²) < 4.78 is 0. The van der Waals surface area contributed by atoms with Gasteiger partial charge in [0, 0.05) is 26.2 Å². The Morgan fingerprint density at radius 3 is 1.80 bits per heavy atom. The van der Waals surface area contributed by atoms with Crippen LogP contribution >= 0.6 is 0 Å². The second-order valence-electron chi connectivity index (χ2n) is 2.17. The van der Waals surface area contributed by atoms with E-state index in [-0.39, 0.29) is 11.8 Å². The van der Waals surface area contributed by atoms with Gasteiger partial charge in [0.25, 0.3) is 11.8 Å². The molecule has 0 N–H and O–H groups in total. The molecule has 4 nitrogen and oxygen atoms in total. The van der Waals surface area contributed by atoms with Gasteiger partial charge in [-0.05, 0) is 0 Å². The number of hydrogen-bond acceptors (Lipinski definition) is 3. The molecule has 0 saturated carbocycles. The fraction of sp³-hybridized carbons (Fsp3) is 0.333. The van der Waals surface area contributed by atoms with Gasteiger partial charge in [0.15, 0.2) is 0 Å². The summed E-state index contributed by atoms with van der Waals surface area (Å²) >= 11 is 0. The second kappa shape index (κ2) is 2.22. The lowest BCUT2D eigenvalue weighted by Gasteiger charge is -2.20. The highest BCUT2D eigenvalue weighted by Crippen LogP contribution is 2.03. The molecule has 1 rings (SSSR count). The van der Waals surface area contributed by atoms with E-state index >= 15 is 0 Å². The Kier molecular flexibility index (Phi) is 1.55. The summed E-state index contributed by atoms with van der Waals surface area (Å²) in [6.45, 7) is 0. The van der Waals surface area contributed by atoms with Gasteiger partial charge in [0.2, 0.25) is 0 Å². The minimum absolute atomic E-state index is 0.282. The Labute approximate surface area is 58.7 Å². The summed E-state index contributed by atoms with van der Waals surface area (Å²) in [5.41, 5.74) is 0. The zero-order valence-electron chi connectivity index (χ0n) is 5.87. The lowest BCUT2D eigenvalue weighted by molar-refractivity contribution is -0.151. The molecular formula is C6H8N2O2. The van der Waals surface area contributed by atoms with Crippen molar-refractivity contribution in [2.75, 3.05) is 14.1 Å². The molecule has 0 fully saturated rings. The molecule has 1 aliphatic rings. The van der Waals surface area contributed by atoms with Crippen molar-refractivity contribution >= 4 is 11.8 Å². The van der Waals surface area contributed by atoms with Gasteiger partial charge in [-0.1, -0.05) is 0 Å². The molecule has 0 spiro atoms. The van der Waals surface area contributed by atoms with Crippen molar-refractivity contribution in [3.8, 4) is 0 Å². The Balaban J connectivity index is 2.79. The molecule has 2 amide bonds. The van der Waals surface area contributed by atoms with Crippen molar-refractivity contribution < 1.29 is 9.59 Å². The van der Waals surface area contributed by atoms with Crippen molar-refractivity contribution in [1.29, 1.82) is 0 Å². The van der Waals surface area contributed by atoms with Crippen molar-refractivity contribution in [2.45, 2.75) is 0 Å². The highest BCUT2D eigenvalue weighted by atomic mass is 16.2. The first-order valence-electron chi connectivity index (χ1n) is 2.86. The minimum Gasteiger partial charge on any atom is -0.268 e. The molecule has 0 saturated heterocycles. The number of hydrazine groups is 1. The van der Waals surface area contributed by atoms with Crippen LogP contribution in [-0.2, 0) is 9.59 Å². The fourth-order valence-corrected chi connectivity index (χ4v) is 0.787. The summed E-state index contributed by atoms with van der Waals surface area (Å²) in [5, 5.41) is 2.50. The maximum atomic E-state index is 10.8. The third-order valence-corrected chi connectivity index (χ3v) is 1.19. The van der Waals surface area contributed by atoms with E-state index in [1.165, 1.54) is 17.2 Å². The average molecular weight is 140 g/mol. The molecule has 4 heteroatoms. The topological polar surface area (TPSA) is 40.6 Å². The van der Waals surface area contributed by atoms with E-state index in [1.807, 2.05) is 0 Å². The zero-order chi connectivity index (χ0) is 7.72. The van der Waals surface area contributed by atoms with E-state index in [0.29, 0.717) is 0 Å². The van der Waals surface area contributed by atoms with Gasteiger partial charge in [0.05, 0.1) is 0 Å². The van der Waals surface area contributed by atoms with Crippen LogP contribution in [0.4, 0.5) is 0 Å². The molecule has 1 heterocycles. The quantitative estimate of drug-likeness (QED) is 0.456. The maximum Gasteiger partial charge on any atom is 0.268 e. The molecule has 0 unspecified atom stereocenters. The zero-order valence-corrected chi connectivity index (χ0v) is 5.87. The van der Waals surface area contributed by atoms with Crippen LogP contribution in [0, 0.1) is 0 Å². The first kappa shape index (κ1) is 6.95. The van der Waals surface area contributed by atoms with Gasteiger partial charge in [-0.2, -0.15) is 0 Å². The molecule has 0 aromatic rings. The lowest BCUT2D eigenvalue weighted by Crippen LogP contribution is -2.41. The number of carbonyl (C=O) groups excluding carboxylic acids is 2. The number of carbonyl (C=O) groups is 2. The molecule has 10 heavy (non-hydrogen) atoms. The van der Waals surface area contributed by atoms with Gasteiger partial charge < -0.3 is 0 Å². The standard InChI is InChI=1S/C6H8N2O2/c1-7(2)8-5(9)3-4-6(8)10/h3-4H,1-2H3. The highest BCUT2D eigenvalue weighted by molar-refractivity contribution is 6.12. The van der Waals surface area contributed by atoms with Crippen LogP contribution in [-0.4, -0.2) is 35.9 Å². The predicted octanol–water partition coefficient (Wildman–Crippen LogP) is -0.612. The number of hydrogen-bond donors (Lipinski definition) is 0. The summed E-state index contributed by atoms with van der Waals surface area (Å²) in [5.74, 6) is -0.565. The predicted molar refractivity (Wildman–Crippen MR) is 34.7 cm³/mol. The van der Waals surface area contributed by atoms with Crippen molar-refractivity contribution in [3.05, 3.63) is 12.2 Å². The van der Waals surface area contributed by atoms with Gasteiger partial charge in [-0.3, -0.25) is 9.59 Å². The normalized spacial score (nSPS) is 17.7. The first-order valence-corrected chi connectivity index (χ1v) is 2.86. The lowest BCUT2D eigenvalue weighted by atomic mass is 10.6. The molecule has 1 aliphatic heterocycles. The maximum absolute atomic E-state index is 10.8. The summed E-state index contributed by atoms with van der Waals surface area (Å²) in [6.07, 6.45) is 2.50. The molecule has 0 bridgehead atoms. The summed E-state index contributed by atoms with van der Waals surface area (Å²) in [7, 11) is 3.28. The summed E-state index contributed by atoms with van der Waals surface area (Å²) in [6, 6.07) is 0. The number of imide groups is 1. The SMILES string of the molecule is CN(C)N1C(=O)C=CC1=O. The van der Waals surface area contributed by atoms with E-state index < -0.39 is 0 Å². The van der Waals surface area contributed by atoms with E-state index in [0.717, 1.165) is 5.01 Å². The van der Waals surface area contributed by atoms with Crippen LogP contribution < -0.4 is 0 Å². The van der Waals surface area contributed by atoms with Crippen LogP contribution in [0.25, 0.3) is 0 Å². The molecular weight excluding hydrogens is 132 g/mol.